The van der Waals surface area contributed by atoms with Crippen molar-refractivity contribution < 1.29 is 4.79 Å². The molecule has 2 rings (SSSR count). The van der Waals surface area contributed by atoms with E-state index in [0.717, 1.165) is 5.56 Å². The molecule has 104 valence electrons. The van der Waals surface area contributed by atoms with Gasteiger partial charge in [-0.1, -0.05) is 12.1 Å². The van der Waals surface area contributed by atoms with Gasteiger partial charge in [0.15, 0.2) is 0 Å². The second-order valence-corrected chi connectivity index (χ2v) is 5.38. The first-order chi connectivity index (χ1) is 9.52. The Morgan fingerprint density at radius 3 is 2.95 bits per heavy atom. The number of nitrogens with zero attached hydrogens (tertiary/aromatic N) is 2. The summed E-state index contributed by atoms with van der Waals surface area (Å²) in [6, 6.07) is 6.96. The third-order valence-corrected chi connectivity index (χ3v) is 3.61. The van der Waals surface area contributed by atoms with Gasteiger partial charge in [0.1, 0.15) is 5.82 Å². The maximum atomic E-state index is 12.1. The van der Waals surface area contributed by atoms with Gasteiger partial charge in [-0.25, -0.2) is 10.8 Å². The third kappa shape index (κ3) is 3.05. The first-order valence-electron chi connectivity index (χ1n) is 5.84. The van der Waals surface area contributed by atoms with E-state index in [1.54, 1.807) is 35.9 Å². The highest BCUT2D eigenvalue weighted by Gasteiger charge is 2.08. The summed E-state index contributed by atoms with van der Waals surface area (Å²) in [4.78, 5) is 27.7. The lowest BCUT2D eigenvalue weighted by Gasteiger charge is -2.10. The molecule has 0 unspecified atom stereocenters. The number of carbonyl (C=O) groups excluding carboxylic acids is 1. The highest BCUT2D eigenvalue weighted by molar-refractivity contribution is 14.1. The molecular weight excluding hydrogens is 371 g/mol. The zero-order valence-electron chi connectivity index (χ0n) is 10.8. The first kappa shape index (κ1) is 14.7. The number of nitrogens with two attached hydrogens (primary N) is 1. The van der Waals surface area contributed by atoms with Gasteiger partial charge in [-0.05, 0) is 47.2 Å². The summed E-state index contributed by atoms with van der Waals surface area (Å²) < 4.78 is 2.13. The van der Waals surface area contributed by atoms with Crippen LogP contribution < -0.4 is 16.8 Å². The fourth-order valence-corrected chi connectivity index (χ4v) is 2.24. The molecule has 20 heavy (non-hydrogen) atoms. The van der Waals surface area contributed by atoms with Crippen LogP contribution in [0.2, 0.25) is 0 Å². The molecule has 0 saturated carbocycles. The summed E-state index contributed by atoms with van der Waals surface area (Å²) in [5.74, 6) is 5.37. The lowest BCUT2D eigenvalue weighted by atomic mass is 10.1. The molecule has 1 aromatic carbocycles. The second-order valence-electron chi connectivity index (χ2n) is 4.22. The van der Waals surface area contributed by atoms with Crippen molar-refractivity contribution in [3.8, 4) is 0 Å². The maximum absolute atomic E-state index is 12.1. The number of amides is 1. The number of aryl methyl sites for hydroxylation is 1. The molecular formula is C13H13IN4O2. The topological polar surface area (TPSA) is 90.0 Å². The van der Waals surface area contributed by atoms with E-state index in [-0.39, 0.29) is 11.5 Å². The average Bonchev–Trinajstić information content (AvgIpc) is 2.47. The Hall–Kier alpha value is -1.74. The number of benzene rings is 1. The Kier molecular flexibility index (Phi) is 4.50. The lowest BCUT2D eigenvalue weighted by molar-refractivity contribution is 0.0953. The molecule has 1 heterocycles. The molecule has 6 nitrogen and oxygen atoms in total. The van der Waals surface area contributed by atoms with Crippen molar-refractivity contribution in [2.45, 2.75) is 13.5 Å². The Bertz CT molecular complexity index is 712. The van der Waals surface area contributed by atoms with E-state index < -0.39 is 0 Å². The van der Waals surface area contributed by atoms with Crippen LogP contribution in [0.15, 0.2) is 35.3 Å². The molecule has 0 bridgehead atoms. The van der Waals surface area contributed by atoms with Crippen molar-refractivity contribution in [3.05, 3.63) is 61.3 Å². The van der Waals surface area contributed by atoms with Crippen molar-refractivity contribution in [1.82, 2.24) is 15.0 Å². The predicted octanol–water partition coefficient (Wildman–Crippen LogP) is 0.808. The number of hydrogen-bond donors (Lipinski definition) is 2. The van der Waals surface area contributed by atoms with Crippen molar-refractivity contribution >= 4 is 28.5 Å². The van der Waals surface area contributed by atoms with Gasteiger partial charge in [-0.2, -0.15) is 0 Å². The molecule has 2 aromatic rings. The number of hydrogen-bond acceptors (Lipinski definition) is 4. The van der Waals surface area contributed by atoms with Gasteiger partial charge in [-0.3, -0.25) is 19.6 Å². The molecule has 0 aliphatic rings. The molecule has 0 fully saturated rings. The Morgan fingerprint density at radius 2 is 2.25 bits per heavy atom. The van der Waals surface area contributed by atoms with Gasteiger partial charge in [0.25, 0.3) is 11.5 Å². The predicted molar refractivity (Wildman–Crippen MR) is 83.1 cm³/mol. The van der Waals surface area contributed by atoms with Gasteiger partial charge in [0.2, 0.25) is 0 Å². The van der Waals surface area contributed by atoms with E-state index in [2.05, 4.69) is 10.4 Å². The fourth-order valence-electron chi connectivity index (χ4n) is 1.81. The molecule has 1 amide bonds. The molecule has 1 aromatic heterocycles. The monoisotopic (exact) mass is 384 g/mol. The quantitative estimate of drug-likeness (QED) is 0.355. The average molecular weight is 384 g/mol. The van der Waals surface area contributed by atoms with E-state index in [1.807, 2.05) is 28.7 Å². The highest BCUT2D eigenvalue weighted by Crippen LogP contribution is 2.08. The Morgan fingerprint density at radius 1 is 1.50 bits per heavy atom. The minimum Gasteiger partial charge on any atom is -0.292 e. The van der Waals surface area contributed by atoms with Crippen molar-refractivity contribution in [2.75, 3.05) is 0 Å². The van der Waals surface area contributed by atoms with Crippen LogP contribution in [0.1, 0.15) is 21.7 Å². The summed E-state index contributed by atoms with van der Waals surface area (Å²) in [5, 5.41) is 0. The van der Waals surface area contributed by atoms with E-state index in [0.29, 0.717) is 21.5 Å². The zero-order chi connectivity index (χ0) is 14.7. The van der Waals surface area contributed by atoms with Crippen LogP contribution in [-0.4, -0.2) is 15.5 Å². The minimum absolute atomic E-state index is 0.0909. The SMILES string of the molecule is Cc1ncc(I)c(=O)n1Cc1cccc(C(=O)NN)c1. The lowest BCUT2D eigenvalue weighted by Crippen LogP contribution is -2.30. The number of aromatic nitrogens is 2. The largest absolute Gasteiger partial charge is 0.292 e. The van der Waals surface area contributed by atoms with Gasteiger partial charge >= 0.3 is 0 Å². The van der Waals surface area contributed by atoms with Crippen LogP contribution >= 0.6 is 22.6 Å². The number of halogens is 1. The molecule has 3 N–H and O–H groups in total. The number of hydrazine groups is 1. The molecule has 0 atom stereocenters. The molecule has 0 aliphatic carbocycles. The van der Waals surface area contributed by atoms with Gasteiger partial charge in [0.05, 0.1) is 10.1 Å². The van der Waals surface area contributed by atoms with Crippen LogP contribution in [0.25, 0.3) is 0 Å². The van der Waals surface area contributed by atoms with Gasteiger partial charge in [-0.15, -0.1) is 0 Å². The smallest absolute Gasteiger partial charge is 0.267 e. The number of nitrogens with one attached hydrogen (secondary N) is 1. The molecule has 7 heteroatoms. The molecule has 0 aliphatic heterocycles. The molecule has 0 radical (unpaired) electrons. The first-order valence-corrected chi connectivity index (χ1v) is 6.92. The Labute approximate surface area is 129 Å². The third-order valence-electron chi connectivity index (χ3n) is 2.87. The summed E-state index contributed by atoms with van der Waals surface area (Å²) in [6.07, 6.45) is 1.55. The van der Waals surface area contributed by atoms with Crippen molar-refractivity contribution in [1.29, 1.82) is 0 Å². The summed E-state index contributed by atoms with van der Waals surface area (Å²) in [7, 11) is 0. The maximum Gasteiger partial charge on any atom is 0.267 e. The van der Waals surface area contributed by atoms with Gasteiger partial charge in [0, 0.05) is 11.8 Å². The number of rotatable bonds is 3. The fraction of sp³-hybridized carbons (Fsp3) is 0.154. The van der Waals surface area contributed by atoms with E-state index in [1.165, 1.54) is 0 Å². The van der Waals surface area contributed by atoms with Crippen LogP contribution in [0.5, 0.6) is 0 Å². The van der Waals surface area contributed by atoms with E-state index in [9.17, 15) is 9.59 Å². The van der Waals surface area contributed by atoms with Gasteiger partial charge < -0.3 is 0 Å². The van der Waals surface area contributed by atoms with E-state index in [4.69, 9.17) is 5.84 Å². The van der Waals surface area contributed by atoms with Crippen molar-refractivity contribution in [3.63, 3.8) is 0 Å². The normalized spacial score (nSPS) is 10.3. The molecule has 0 spiro atoms. The summed E-state index contributed by atoms with van der Waals surface area (Å²) >= 11 is 1.96. The number of nitrogen functional groups attached to an aromatic ring is 1. The van der Waals surface area contributed by atoms with Crippen LogP contribution in [0.3, 0.4) is 0 Å². The Balaban J connectivity index is 2.38. The van der Waals surface area contributed by atoms with Crippen LogP contribution in [0, 0.1) is 10.5 Å². The highest BCUT2D eigenvalue weighted by atomic mass is 127. The van der Waals surface area contributed by atoms with Crippen LogP contribution in [0.4, 0.5) is 0 Å². The summed E-state index contributed by atoms with van der Waals surface area (Å²) in [6.45, 7) is 2.13. The number of carbonyl (C=O) groups is 1. The zero-order valence-corrected chi connectivity index (χ0v) is 12.9. The minimum atomic E-state index is -0.364. The standard InChI is InChI=1S/C13H13IN4O2/c1-8-16-6-11(14)13(20)18(8)7-9-3-2-4-10(5-9)12(19)17-15/h2-6H,7,15H2,1H3,(H,17,19). The van der Waals surface area contributed by atoms with Crippen molar-refractivity contribution in [2.24, 2.45) is 5.84 Å². The second kappa shape index (κ2) is 6.14. The van der Waals surface area contributed by atoms with E-state index >= 15 is 0 Å². The summed E-state index contributed by atoms with van der Waals surface area (Å²) in [5.41, 5.74) is 3.28. The molecule has 0 saturated heterocycles. The van der Waals surface area contributed by atoms with Crippen LogP contribution in [-0.2, 0) is 6.54 Å².